The number of nitriles is 1. The van der Waals surface area contributed by atoms with Crippen LogP contribution in [0.3, 0.4) is 0 Å². The molecule has 154 valence electrons. The van der Waals surface area contributed by atoms with Gasteiger partial charge in [-0.25, -0.2) is 9.37 Å². The van der Waals surface area contributed by atoms with Crippen molar-refractivity contribution in [3.05, 3.63) is 82.3 Å². The summed E-state index contributed by atoms with van der Waals surface area (Å²) in [4.78, 5) is 17.4. The first-order chi connectivity index (χ1) is 14.9. The molecule has 0 atom stereocenters. The van der Waals surface area contributed by atoms with Crippen LogP contribution >= 0.6 is 0 Å². The van der Waals surface area contributed by atoms with Gasteiger partial charge in [-0.1, -0.05) is 23.8 Å². The highest BCUT2D eigenvalue weighted by Crippen LogP contribution is 2.26. The zero-order chi connectivity index (χ0) is 22.1. The van der Waals surface area contributed by atoms with Gasteiger partial charge in [-0.15, -0.1) is 0 Å². The first-order valence-corrected chi connectivity index (χ1v) is 9.77. The molecule has 1 amide bonds. The lowest BCUT2D eigenvalue weighted by molar-refractivity contribution is -0.115. The second kappa shape index (κ2) is 8.00. The van der Waals surface area contributed by atoms with Gasteiger partial charge in [0.2, 0.25) is 5.91 Å². The molecule has 0 saturated heterocycles. The number of carbonyl (C=O) groups excluding carboxylic acids is 1. The maximum absolute atomic E-state index is 13.1. The molecule has 4 rings (SSSR count). The highest BCUT2D eigenvalue weighted by molar-refractivity contribution is 5.93. The maximum Gasteiger partial charge on any atom is 0.229 e. The Morgan fingerprint density at radius 1 is 1.13 bits per heavy atom. The molecule has 0 bridgehead atoms. The fourth-order valence-electron chi connectivity index (χ4n) is 3.62. The molecule has 0 spiro atoms. The van der Waals surface area contributed by atoms with Crippen molar-refractivity contribution in [2.45, 2.75) is 27.2 Å². The zero-order valence-corrected chi connectivity index (χ0v) is 17.4. The summed E-state index contributed by atoms with van der Waals surface area (Å²) in [5, 5.41) is 17.6. The van der Waals surface area contributed by atoms with Gasteiger partial charge >= 0.3 is 0 Å². The van der Waals surface area contributed by atoms with Gasteiger partial charge in [-0.2, -0.15) is 15.0 Å². The van der Waals surface area contributed by atoms with Gasteiger partial charge in [0.1, 0.15) is 17.4 Å². The molecule has 0 radical (unpaired) electrons. The number of nitrogens with zero attached hydrogens (tertiary/aromatic N) is 4. The van der Waals surface area contributed by atoms with Gasteiger partial charge in [0.15, 0.2) is 11.6 Å². The summed E-state index contributed by atoms with van der Waals surface area (Å²) in [6, 6.07) is 13.8. The van der Waals surface area contributed by atoms with E-state index in [1.165, 1.54) is 23.0 Å². The van der Waals surface area contributed by atoms with Crippen LogP contribution in [0.5, 0.6) is 0 Å². The number of halogens is 1. The van der Waals surface area contributed by atoms with Crippen molar-refractivity contribution >= 4 is 22.6 Å². The second-order valence-corrected chi connectivity index (χ2v) is 7.56. The molecule has 0 aliphatic rings. The molecule has 1 N–H and O–H groups in total. The Balaban J connectivity index is 1.72. The molecule has 31 heavy (non-hydrogen) atoms. The zero-order valence-electron chi connectivity index (χ0n) is 17.4. The fourth-order valence-corrected chi connectivity index (χ4v) is 3.62. The van der Waals surface area contributed by atoms with Crippen molar-refractivity contribution in [1.29, 1.82) is 5.26 Å². The van der Waals surface area contributed by atoms with Gasteiger partial charge in [0, 0.05) is 5.39 Å². The first kappa shape index (κ1) is 20.2. The van der Waals surface area contributed by atoms with Crippen LogP contribution in [-0.4, -0.2) is 20.7 Å². The molecule has 4 aromatic rings. The summed E-state index contributed by atoms with van der Waals surface area (Å²) >= 11 is 0. The number of anilines is 1. The molecule has 2 heterocycles. The number of hydrogen-bond acceptors (Lipinski definition) is 4. The predicted octanol–water partition coefficient (Wildman–Crippen LogP) is 4.54. The van der Waals surface area contributed by atoms with Crippen molar-refractivity contribution in [2.24, 2.45) is 0 Å². The van der Waals surface area contributed by atoms with Crippen LogP contribution < -0.4 is 5.32 Å². The summed E-state index contributed by atoms with van der Waals surface area (Å²) in [6.45, 7) is 6.04. The molecule has 0 aliphatic carbocycles. The van der Waals surface area contributed by atoms with Crippen molar-refractivity contribution in [3.8, 4) is 11.9 Å². The summed E-state index contributed by atoms with van der Waals surface area (Å²) < 4.78 is 14.6. The molecule has 2 aromatic heterocycles. The molecule has 2 aromatic carbocycles. The van der Waals surface area contributed by atoms with E-state index in [4.69, 9.17) is 4.98 Å². The molecule has 6 nitrogen and oxygen atoms in total. The minimum atomic E-state index is -0.364. The van der Waals surface area contributed by atoms with E-state index in [2.05, 4.69) is 28.6 Å². The third kappa shape index (κ3) is 4.01. The third-order valence-electron chi connectivity index (χ3n) is 5.08. The Kier molecular flexibility index (Phi) is 5.22. The molecular formula is C24H20FN5O. The third-order valence-corrected chi connectivity index (χ3v) is 5.08. The van der Waals surface area contributed by atoms with Crippen molar-refractivity contribution < 1.29 is 9.18 Å². The number of benzene rings is 2. The van der Waals surface area contributed by atoms with E-state index < -0.39 is 0 Å². The highest BCUT2D eigenvalue weighted by atomic mass is 19.1. The topological polar surface area (TPSA) is 83.6 Å². The van der Waals surface area contributed by atoms with Gasteiger partial charge < -0.3 is 5.32 Å². The van der Waals surface area contributed by atoms with E-state index in [0.717, 1.165) is 27.6 Å². The van der Waals surface area contributed by atoms with E-state index in [9.17, 15) is 14.4 Å². The minimum Gasteiger partial charge on any atom is -0.309 e. The lowest BCUT2D eigenvalue weighted by atomic mass is 10.0. The van der Waals surface area contributed by atoms with Crippen LogP contribution in [-0.2, 0) is 11.2 Å². The monoisotopic (exact) mass is 413 g/mol. The molecule has 0 aliphatic heterocycles. The fraction of sp³-hybridized carbons (Fsp3) is 0.167. The van der Waals surface area contributed by atoms with Crippen LogP contribution in [0, 0.1) is 37.9 Å². The Hall–Kier alpha value is -4.05. The average molecular weight is 413 g/mol. The number of fused-ring (bicyclic) bond motifs is 1. The quantitative estimate of drug-likeness (QED) is 0.532. The smallest absolute Gasteiger partial charge is 0.229 e. The van der Waals surface area contributed by atoms with Crippen LogP contribution in [0.25, 0.3) is 16.7 Å². The number of hydrogen-bond donors (Lipinski definition) is 1. The summed E-state index contributed by atoms with van der Waals surface area (Å²) in [5.41, 5.74) is 4.95. The maximum atomic E-state index is 13.1. The van der Waals surface area contributed by atoms with E-state index >= 15 is 0 Å². The lowest BCUT2D eigenvalue weighted by Crippen LogP contribution is -2.18. The van der Waals surface area contributed by atoms with Crippen LogP contribution in [0.15, 0.2) is 48.7 Å². The van der Waals surface area contributed by atoms with E-state index in [0.29, 0.717) is 11.4 Å². The van der Waals surface area contributed by atoms with Crippen LogP contribution in [0.1, 0.15) is 27.8 Å². The number of rotatable bonds is 4. The van der Waals surface area contributed by atoms with Gasteiger partial charge in [-0.3, -0.25) is 4.79 Å². The minimum absolute atomic E-state index is 0.0406. The average Bonchev–Trinajstić information content (AvgIpc) is 3.12. The molecular weight excluding hydrogens is 393 g/mol. The van der Waals surface area contributed by atoms with Crippen molar-refractivity contribution in [1.82, 2.24) is 14.8 Å². The Bertz CT molecular complexity index is 1350. The van der Waals surface area contributed by atoms with E-state index in [-0.39, 0.29) is 29.5 Å². The number of aromatic nitrogens is 3. The standard InChI is InChI=1S/C24H20FN5O/c1-14-8-16(3)23-20(9-14)15(2)10-21(28-23)30-24(18(12-26)13-27-30)29-22(31)11-17-4-6-19(25)7-5-17/h4-10,13H,11H2,1-3H3,(H,29,31). The van der Waals surface area contributed by atoms with E-state index in [1.54, 1.807) is 12.1 Å². The Labute approximate surface area is 179 Å². The molecule has 7 heteroatoms. The molecule has 0 unspecified atom stereocenters. The van der Waals surface area contributed by atoms with E-state index in [1.807, 2.05) is 26.8 Å². The number of aryl methyl sites for hydroxylation is 3. The highest BCUT2D eigenvalue weighted by Gasteiger charge is 2.18. The summed E-state index contributed by atoms with van der Waals surface area (Å²) in [7, 11) is 0. The summed E-state index contributed by atoms with van der Waals surface area (Å²) in [6.07, 6.45) is 1.44. The summed E-state index contributed by atoms with van der Waals surface area (Å²) in [5.74, 6) is 0.0626. The number of pyridine rings is 1. The van der Waals surface area contributed by atoms with Crippen LogP contribution in [0.2, 0.25) is 0 Å². The number of nitrogens with one attached hydrogen (secondary N) is 1. The molecule has 0 saturated carbocycles. The van der Waals surface area contributed by atoms with Crippen molar-refractivity contribution in [3.63, 3.8) is 0 Å². The number of amides is 1. The SMILES string of the molecule is Cc1cc(C)c2nc(-n3ncc(C#N)c3NC(=O)Cc3ccc(F)cc3)cc(C)c2c1. The Morgan fingerprint density at radius 2 is 1.87 bits per heavy atom. The first-order valence-electron chi connectivity index (χ1n) is 9.77. The van der Waals surface area contributed by atoms with Crippen molar-refractivity contribution in [2.75, 3.05) is 5.32 Å². The van der Waals surface area contributed by atoms with Gasteiger partial charge in [0.05, 0.1) is 18.1 Å². The predicted molar refractivity (Wildman–Crippen MR) is 117 cm³/mol. The lowest BCUT2D eigenvalue weighted by Gasteiger charge is -2.13. The van der Waals surface area contributed by atoms with Gasteiger partial charge in [0.25, 0.3) is 0 Å². The Morgan fingerprint density at radius 3 is 2.58 bits per heavy atom. The normalized spacial score (nSPS) is 10.8. The number of carbonyl (C=O) groups is 1. The molecule has 0 fully saturated rings. The van der Waals surface area contributed by atoms with Crippen LogP contribution in [0.4, 0.5) is 10.2 Å². The largest absolute Gasteiger partial charge is 0.309 e. The second-order valence-electron chi connectivity index (χ2n) is 7.56. The van der Waals surface area contributed by atoms with Gasteiger partial charge in [-0.05, 0) is 61.7 Å².